The quantitative estimate of drug-likeness (QED) is 0.822. The number of benzene rings is 1. The van der Waals surface area contributed by atoms with Gasteiger partial charge in [0.25, 0.3) is 5.91 Å². The van der Waals surface area contributed by atoms with Gasteiger partial charge < -0.3 is 5.32 Å². The van der Waals surface area contributed by atoms with Crippen LogP contribution in [0.25, 0.3) is 0 Å². The molecule has 2 rings (SSSR count). The predicted molar refractivity (Wildman–Crippen MR) is 86.7 cm³/mol. The number of hydrogen-bond donors (Lipinski definition) is 1. The van der Waals surface area contributed by atoms with Crippen molar-refractivity contribution in [2.24, 2.45) is 0 Å². The number of aromatic nitrogens is 2. The Kier molecular flexibility index (Phi) is 4.62. The summed E-state index contributed by atoms with van der Waals surface area (Å²) in [6.45, 7) is 3.75. The molecule has 0 unspecified atom stereocenters. The van der Waals surface area contributed by atoms with Crippen LogP contribution < -0.4 is 5.32 Å². The summed E-state index contributed by atoms with van der Waals surface area (Å²) in [5, 5.41) is 2.37. The van der Waals surface area contributed by atoms with Crippen molar-refractivity contribution in [2.45, 2.75) is 19.0 Å². The molecule has 6 nitrogen and oxygen atoms in total. The van der Waals surface area contributed by atoms with Gasteiger partial charge in [-0.05, 0) is 40.9 Å². The number of anilines is 1. The van der Waals surface area contributed by atoms with Gasteiger partial charge in [0.15, 0.2) is 0 Å². The minimum atomic E-state index is -3.59. The van der Waals surface area contributed by atoms with Crippen LogP contribution in [0.1, 0.15) is 21.6 Å². The molecule has 1 aromatic heterocycles. The molecule has 0 fully saturated rings. The molecular formula is C14H14BrN3O3S. The van der Waals surface area contributed by atoms with Crippen molar-refractivity contribution in [3.05, 3.63) is 45.7 Å². The highest BCUT2D eigenvalue weighted by Crippen LogP contribution is 2.22. The Morgan fingerprint density at radius 3 is 2.36 bits per heavy atom. The molecule has 0 atom stereocenters. The molecular weight excluding hydrogens is 370 g/mol. The van der Waals surface area contributed by atoms with Crippen LogP contribution in [-0.2, 0) is 9.84 Å². The third kappa shape index (κ3) is 3.50. The summed E-state index contributed by atoms with van der Waals surface area (Å²) in [4.78, 5) is 19.9. The lowest BCUT2D eigenvalue weighted by atomic mass is 10.1. The number of carbonyl (C=O) groups is 1. The molecule has 1 N–H and O–H groups in total. The second-order valence-corrected chi connectivity index (χ2v) is 7.61. The van der Waals surface area contributed by atoms with E-state index in [-0.39, 0.29) is 10.9 Å². The van der Waals surface area contributed by atoms with Gasteiger partial charge in [-0.25, -0.2) is 18.4 Å². The van der Waals surface area contributed by atoms with E-state index >= 15 is 0 Å². The smallest absolute Gasteiger partial charge is 0.275 e. The van der Waals surface area contributed by atoms with Crippen LogP contribution in [0.5, 0.6) is 0 Å². The minimum absolute atomic E-state index is 0.0296. The van der Waals surface area contributed by atoms with Crippen LogP contribution in [0.3, 0.4) is 0 Å². The van der Waals surface area contributed by atoms with E-state index in [1.165, 1.54) is 6.20 Å². The van der Waals surface area contributed by atoms with E-state index in [9.17, 15) is 13.2 Å². The summed E-state index contributed by atoms with van der Waals surface area (Å²) in [6, 6.07) is 5.64. The van der Waals surface area contributed by atoms with Gasteiger partial charge in [-0.3, -0.25) is 4.79 Å². The number of carbonyl (C=O) groups excluding carboxylic acids is 1. The molecule has 1 amide bonds. The summed E-state index contributed by atoms with van der Waals surface area (Å²) >= 11 is 3.17. The SMILES string of the molecule is Cc1cccc(C)c1NC(=O)c1nc(S(C)(=O)=O)ncc1Br. The monoisotopic (exact) mass is 383 g/mol. The van der Waals surface area contributed by atoms with Crippen LogP contribution in [0.2, 0.25) is 0 Å². The Balaban J connectivity index is 2.42. The number of rotatable bonds is 3. The number of para-hydroxylation sites is 1. The molecule has 22 heavy (non-hydrogen) atoms. The Hall–Kier alpha value is -1.80. The van der Waals surface area contributed by atoms with Crippen molar-refractivity contribution < 1.29 is 13.2 Å². The average Bonchev–Trinajstić information content (AvgIpc) is 2.42. The molecule has 0 saturated carbocycles. The summed E-state index contributed by atoms with van der Waals surface area (Å²) in [5.74, 6) is -0.503. The van der Waals surface area contributed by atoms with Gasteiger partial charge in [0, 0.05) is 18.1 Å². The molecule has 0 spiro atoms. The van der Waals surface area contributed by atoms with Crippen molar-refractivity contribution in [1.82, 2.24) is 9.97 Å². The maximum atomic E-state index is 12.4. The lowest BCUT2D eigenvalue weighted by Gasteiger charge is -2.12. The lowest BCUT2D eigenvalue weighted by Crippen LogP contribution is -2.18. The molecule has 0 radical (unpaired) electrons. The topological polar surface area (TPSA) is 89.0 Å². The largest absolute Gasteiger partial charge is 0.320 e. The first kappa shape index (κ1) is 16.6. The van der Waals surface area contributed by atoms with E-state index in [1.807, 2.05) is 32.0 Å². The molecule has 2 aromatic rings. The zero-order valence-electron chi connectivity index (χ0n) is 12.2. The summed E-state index contributed by atoms with van der Waals surface area (Å²) in [6.07, 6.45) is 2.24. The first-order valence-corrected chi connectivity index (χ1v) is 8.98. The Morgan fingerprint density at radius 2 is 1.82 bits per heavy atom. The molecule has 1 heterocycles. The van der Waals surface area contributed by atoms with Gasteiger partial charge in [0.1, 0.15) is 5.69 Å². The van der Waals surface area contributed by atoms with E-state index in [4.69, 9.17) is 0 Å². The van der Waals surface area contributed by atoms with E-state index < -0.39 is 15.7 Å². The normalized spacial score (nSPS) is 11.3. The van der Waals surface area contributed by atoms with Crippen LogP contribution in [-0.4, -0.2) is 30.5 Å². The van der Waals surface area contributed by atoms with Gasteiger partial charge >= 0.3 is 0 Å². The fourth-order valence-electron chi connectivity index (χ4n) is 1.87. The Bertz CT molecular complexity index is 830. The number of nitrogens with one attached hydrogen (secondary N) is 1. The third-order valence-electron chi connectivity index (χ3n) is 2.99. The molecule has 0 aliphatic carbocycles. The number of nitrogens with zero attached hydrogens (tertiary/aromatic N) is 2. The van der Waals surface area contributed by atoms with Gasteiger partial charge in [-0.15, -0.1) is 0 Å². The lowest BCUT2D eigenvalue weighted by molar-refractivity contribution is 0.102. The first-order valence-electron chi connectivity index (χ1n) is 6.30. The van der Waals surface area contributed by atoms with Crippen LogP contribution in [0.15, 0.2) is 34.0 Å². The molecule has 0 saturated heterocycles. The summed E-state index contributed by atoms with van der Waals surface area (Å²) in [5.41, 5.74) is 2.46. The average molecular weight is 384 g/mol. The molecule has 0 aliphatic heterocycles. The first-order chi connectivity index (χ1) is 10.2. The van der Waals surface area contributed by atoms with E-state index in [2.05, 4.69) is 31.2 Å². The fraction of sp³-hybridized carbons (Fsp3) is 0.214. The zero-order chi connectivity index (χ0) is 16.5. The van der Waals surface area contributed by atoms with Crippen molar-refractivity contribution in [3.63, 3.8) is 0 Å². The van der Waals surface area contributed by atoms with Gasteiger partial charge in [0.2, 0.25) is 15.0 Å². The number of halogens is 1. The minimum Gasteiger partial charge on any atom is -0.320 e. The maximum Gasteiger partial charge on any atom is 0.275 e. The highest BCUT2D eigenvalue weighted by Gasteiger charge is 2.19. The zero-order valence-corrected chi connectivity index (χ0v) is 14.6. The number of aryl methyl sites for hydroxylation is 2. The number of amides is 1. The van der Waals surface area contributed by atoms with Crippen molar-refractivity contribution >= 4 is 37.4 Å². The molecule has 8 heteroatoms. The molecule has 116 valence electrons. The van der Waals surface area contributed by atoms with Crippen molar-refractivity contribution in [3.8, 4) is 0 Å². The highest BCUT2D eigenvalue weighted by molar-refractivity contribution is 9.10. The third-order valence-corrected chi connectivity index (χ3v) is 4.43. The van der Waals surface area contributed by atoms with Crippen molar-refractivity contribution in [1.29, 1.82) is 0 Å². The van der Waals surface area contributed by atoms with Crippen LogP contribution >= 0.6 is 15.9 Å². The Labute approximate surface area is 137 Å². The van der Waals surface area contributed by atoms with Crippen molar-refractivity contribution in [2.75, 3.05) is 11.6 Å². The second-order valence-electron chi connectivity index (χ2n) is 4.84. The second kappa shape index (κ2) is 6.13. The molecule has 0 aliphatic rings. The van der Waals surface area contributed by atoms with Gasteiger partial charge in [-0.1, -0.05) is 18.2 Å². The van der Waals surface area contributed by atoms with E-state index in [0.717, 1.165) is 17.4 Å². The number of sulfone groups is 1. The van der Waals surface area contributed by atoms with Crippen LogP contribution in [0.4, 0.5) is 5.69 Å². The summed E-state index contributed by atoms with van der Waals surface area (Å²) in [7, 11) is -3.59. The maximum absolute atomic E-state index is 12.4. The molecule has 0 bridgehead atoms. The van der Waals surface area contributed by atoms with E-state index in [1.54, 1.807) is 0 Å². The van der Waals surface area contributed by atoms with Gasteiger partial charge in [0.05, 0.1) is 4.47 Å². The highest BCUT2D eigenvalue weighted by atomic mass is 79.9. The molecule has 1 aromatic carbocycles. The Morgan fingerprint density at radius 1 is 1.23 bits per heavy atom. The van der Waals surface area contributed by atoms with Crippen LogP contribution in [0, 0.1) is 13.8 Å². The standard InChI is InChI=1S/C14H14BrN3O3S/c1-8-5-4-6-9(2)11(8)17-13(19)12-10(15)7-16-14(18-12)22(3,20)21/h4-7H,1-3H3,(H,17,19). The predicted octanol–water partition coefficient (Wildman–Crippen LogP) is 2.51. The van der Waals surface area contributed by atoms with E-state index in [0.29, 0.717) is 10.2 Å². The number of hydrogen-bond acceptors (Lipinski definition) is 5. The van der Waals surface area contributed by atoms with Gasteiger partial charge in [-0.2, -0.15) is 0 Å². The summed E-state index contributed by atoms with van der Waals surface area (Å²) < 4.78 is 23.3. The fourth-order valence-corrected chi connectivity index (χ4v) is 2.75.